The minimum Gasteiger partial charge on any atom is -0.491 e. The van der Waals surface area contributed by atoms with E-state index in [-0.39, 0.29) is 23.8 Å². The molecule has 1 fully saturated rings. The van der Waals surface area contributed by atoms with Gasteiger partial charge >= 0.3 is 12.2 Å². The summed E-state index contributed by atoms with van der Waals surface area (Å²) in [5, 5.41) is 7.68. The summed E-state index contributed by atoms with van der Waals surface area (Å²) in [6.07, 6.45) is 0.377. The number of amides is 2. The fraction of sp³-hybridized carbons (Fsp3) is 0.595. The monoisotopic (exact) mass is 724 g/mol. The molecular weight excluding hydrogens is 669 g/mol. The molecule has 1 saturated heterocycles. The molecule has 2 amide bonds. The van der Waals surface area contributed by atoms with Gasteiger partial charge in [0.15, 0.2) is 14.1 Å². The van der Waals surface area contributed by atoms with Crippen LogP contribution < -0.4 is 10.1 Å². The van der Waals surface area contributed by atoms with E-state index in [2.05, 4.69) is 44.3 Å². The first-order valence-electron chi connectivity index (χ1n) is 17.5. The van der Waals surface area contributed by atoms with Crippen LogP contribution in [-0.2, 0) is 13.9 Å². The number of likely N-dealkylation sites (tertiary alicyclic amines) is 1. The molecule has 0 saturated carbocycles. The molecule has 4 rings (SSSR count). The minimum atomic E-state index is -2.22. The number of hydrogen-bond donors (Lipinski definition) is 1. The average Bonchev–Trinajstić information content (AvgIpc) is 3.39. The first kappa shape index (κ1) is 39.6. The number of piperidine rings is 1. The second kappa shape index (κ2) is 16.0. The van der Waals surface area contributed by atoms with Gasteiger partial charge in [0.05, 0.1) is 36.7 Å². The van der Waals surface area contributed by atoms with Crippen molar-refractivity contribution in [2.24, 2.45) is 0 Å². The number of rotatable bonds is 11. The van der Waals surface area contributed by atoms with Crippen molar-refractivity contribution in [3.63, 3.8) is 0 Å². The van der Waals surface area contributed by atoms with Crippen molar-refractivity contribution >= 4 is 26.3 Å². The van der Waals surface area contributed by atoms with Crippen LogP contribution in [0.5, 0.6) is 5.75 Å². The molecule has 0 radical (unpaired) electrons. The van der Waals surface area contributed by atoms with Gasteiger partial charge in [0.1, 0.15) is 29.5 Å². The maximum atomic E-state index is 12.9. The van der Waals surface area contributed by atoms with Crippen LogP contribution >= 0.6 is 0 Å². The molecule has 1 aliphatic rings. The second-order valence-corrected chi connectivity index (χ2v) is 20.5. The molecule has 1 N–H and O–H groups in total. The lowest BCUT2D eigenvalue weighted by atomic mass is 10.1. The third-order valence-electron chi connectivity index (χ3n) is 9.27. The average molecular weight is 725 g/mol. The van der Waals surface area contributed by atoms with Crippen LogP contribution in [0.25, 0.3) is 22.6 Å². The number of nitrogens with zero attached hydrogens (tertiary/aromatic N) is 5. The molecule has 3 aromatic rings. The molecule has 2 aromatic heterocycles. The van der Waals surface area contributed by atoms with E-state index in [4.69, 9.17) is 33.1 Å². The Bertz CT molecular complexity index is 1640. The zero-order chi connectivity index (χ0) is 37.7. The molecule has 0 spiro atoms. The van der Waals surface area contributed by atoms with E-state index in [0.29, 0.717) is 48.5 Å². The van der Waals surface area contributed by atoms with Crippen molar-refractivity contribution in [1.82, 2.24) is 24.9 Å². The van der Waals surface area contributed by atoms with Gasteiger partial charge < -0.3 is 38.3 Å². The summed E-state index contributed by atoms with van der Waals surface area (Å²) in [5.74, 6) is 2.44. The number of carbonyl (C=O) groups excluding carboxylic acids is 2. The number of hydrogen-bond acceptors (Lipinski definition) is 11. The quantitative estimate of drug-likeness (QED) is 0.195. The van der Waals surface area contributed by atoms with E-state index < -0.39 is 26.1 Å². The lowest BCUT2D eigenvalue weighted by Crippen LogP contribution is -2.49. The fourth-order valence-corrected chi connectivity index (χ4v) is 6.85. The zero-order valence-electron chi connectivity index (χ0n) is 32.4. The maximum absolute atomic E-state index is 12.9. The molecule has 3 heterocycles. The number of nitrogens with one attached hydrogen (secondary N) is 1. The number of benzene rings is 1. The smallest absolute Gasteiger partial charge is 0.410 e. The molecule has 280 valence electrons. The van der Waals surface area contributed by atoms with Gasteiger partial charge in [-0.25, -0.2) is 19.6 Å². The molecule has 1 unspecified atom stereocenters. The summed E-state index contributed by atoms with van der Waals surface area (Å²) in [7, 11) is 0.896. The number of ether oxygens (including phenoxy) is 3. The number of likely N-dealkylation sites (N-methyl/N-ethyl adjacent to an activating group) is 1. The van der Waals surface area contributed by atoms with E-state index >= 15 is 0 Å². The Hall–Kier alpha value is -4.17. The highest BCUT2D eigenvalue weighted by Crippen LogP contribution is 2.38. The molecular formula is C37H56N6O7Si. The SMILES string of the molecule is COC(=O)N1CCC(Nc2cc(-c3c(C)noc3C)nc(-c3cccc(OCC(CN(C)C(=O)OC(C)(C)C)O[Si](C)(C)C(C)(C)C)c3)n2)CC1. The molecule has 1 atom stereocenters. The van der Waals surface area contributed by atoms with Gasteiger partial charge in [0.2, 0.25) is 0 Å². The lowest BCUT2D eigenvalue weighted by molar-refractivity contribution is 0.0172. The van der Waals surface area contributed by atoms with Gasteiger partial charge in [-0.05, 0) is 77.7 Å². The van der Waals surface area contributed by atoms with Crippen molar-refractivity contribution in [3.05, 3.63) is 41.8 Å². The summed E-state index contributed by atoms with van der Waals surface area (Å²) in [4.78, 5) is 38.0. The van der Waals surface area contributed by atoms with Crippen molar-refractivity contribution in [3.8, 4) is 28.4 Å². The molecule has 51 heavy (non-hydrogen) atoms. The Kier molecular flexibility index (Phi) is 12.4. The Morgan fingerprint density at radius 1 is 1.08 bits per heavy atom. The van der Waals surface area contributed by atoms with Gasteiger partial charge in [0, 0.05) is 37.8 Å². The molecule has 0 aliphatic carbocycles. The molecule has 1 aliphatic heterocycles. The predicted octanol–water partition coefficient (Wildman–Crippen LogP) is 7.69. The van der Waals surface area contributed by atoms with Crippen LogP contribution in [0.3, 0.4) is 0 Å². The van der Waals surface area contributed by atoms with Crippen LogP contribution in [0.2, 0.25) is 18.1 Å². The Morgan fingerprint density at radius 3 is 2.35 bits per heavy atom. The lowest BCUT2D eigenvalue weighted by Gasteiger charge is -2.40. The largest absolute Gasteiger partial charge is 0.491 e. The number of carbonyl (C=O) groups is 2. The minimum absolute atomic E-state index is 0.0384. The summed E-state index contributed by atoms with van der Waals surface area (Å²) < 4.78 is 29.1. The normalized spacial score (nSPS) is 14.9. The summed E-state index contributed by atoms with van der Waals surface area (Å²) in [6, 6.07) is 9.66. The highest BCUT2D eigenvalue weighted by Gasteiger charge is 2.40. The summed E-state index contributed by atoms with van der Waals surface area (Å²) in [5.41, 5.74) is 2.38. The Balaban J connectivity index is 1.59. The molecule has 1 aromatic carbocycles. The number of anilines is 1. The van der Waals surface area contributed by atoms with E-state index in [1.165, 1.54) is 7.11 Å². The third-order valence-corrected chi connectivity index (χ3v) is 13.8. The Morgan fingerprint density at radius 2 is 1.76 bits per heavy atom. The third kappa shape index (κ3) is 10.7. The van der Waals surface area contributed by atoms with Crippen molar-refractivity contribution in [2.75, 3.05) is 45.7 Å². The summed E-state index contributed by atoms with van der Waals surface area (Å²) >= 11 is 0. The molecule has 14 heteroatoms. The van der Waals surface area contributed by atoms with Gasteiger partial charge in [-0.2, -0.15) is 0 Å². The van der Waals surface area contributed by atoms with E-state index in [1.54, 1.807) is 16.8 Å². The second-order valence-electron chi connectivity index (χ2n) is 15.7. The van der Waals surface area contributed by atoms with E-state index in [9.17, 15) is 9.59 Å². The van der Waals surface area contributed by atoms with Crippen LogP contribution in [0, 0.1) is 13.8 Å². The van der Waals surface area contributed by atoms with Gasteiger partial charge in [-0.1, -0.05) is 38.1 Å². The van der Waals surface area contributed by atoms with Gasteiger partial charge in [-0.15, -0.1) is 0 Å². The van der Waals surface area contributed by atoms with Gasteiger partial charge in [0.25, 0.3) is 0 Å². The zero-order valence-corrected chi connectivity index (χ0v) is 33.4. The predicted molar refractivity (Wildman–Crippen MR) is 199 cm³/mol. The topological polar surface area (TPSA) is 141 Å². The van der Waals surface area contributed by atoms with Crippen molar-refractivity contribution in [2.45, 2.75) is 104 Å². The van der Waals surface area contributed by atoms with Gasteiger partial charge in [-0.3, -0.25) is 0 Å². The Labute approximate surface area is 303 Å². The van der Waals surface area contributed by atoms with E-state index in [0.717, 1.165) is 29.7 Å². The first-order valence-corrected chi connectivity index (χ1v) is 20.4. The summed E-state index contributed by atoms with van der Waals surface area (Å²) in [6.45, 7) is 21.9. The van der Waals surface area contributed by atoms with Crippen molar-refractivity contribution < 1.29 is 32.7 Å². The fourth-order valence-electron chi connectivity index (χ4n) is 5.52. The highest BCUT2D eigenvalue weighted by molar-refractivity contribution is 6.74. The van der Waals surface area contributed by atoms with Crippen LogP contribution in [0.1, 0.15) is 65.8 Å². The number of methoxy groups -OCH3 is 1. The van der Waals surface area contributed by atoms with E-state index in [1.807, 2.05) is 65.0 Å². The number of aryl methyl sites for hydroxylation is 2. The highest BCUT2D eigenvalue weighted by atomic mass is 28.4. The first-order chi connectivity index (χ1) is 23.8. The van der Waals surface area contributed by atoms with Crippen LogP contribution in [0.15, 0.2) is 34.9 Å². The van der Waals surface area contributed by atoms with Crippen LogP contribution in [0.4, 0.5) is 15.4 Å². The molecule has 0 bridgehead atoms. The maximum Gasteiger partial charge on any atom is 0.410 e. The van der Waals surface area contributed by atoms with Crippen molar-refractivity contribution in [1.29, 1.82) is 0 Å². The molecule has 13 nitrogen and oxygen atoms in total. The number of aromatic nitrogens is 3. The standard InChI is InChI=1S/C37H56N6O7Si/c1-24-32(25(2)49-41-24)30-21-31(38-27-16-18-43(19-17-27)35(45)46-10)40-33(39-30)26-14-13-15-28(20-26)47-23-29(50-51(11,12)37(6,7)8)22-42(9)34(44)48-36(3,4)5/h13-15,20-21,27,29H,16-19,22-23H2,1-12H3,(H,38,39,40). The van der Waals surface area contributed by atoms with Crippen LogP contribution in [-0.4, -0.2) is 104 Å².